The molecule has 0 radical (unpaired) electrons. The van der Waals surface area contributed by atoms with Gasteiger partial charge in [-0.15, -0.1) is 0 Å². The van der Waals surface area contributed by atoms with E-state index in [1.165, 1.54) is 45.1 Å². The molecular weight excluding hydrogens is 708 g/mol. The number of hydrogen-bond acceptors (Lipinski definition) is 12. The number of carbonyl (C=O) groups is 4. The summed E-state index contributed by atoms with van der Waals surface area (Å²) in [6.07, 6.45) is 0.920. The lowest BCUT2D eigenvalue weighted by Crippen LogP contribution is -2.58. The van der Waals surface area contributed by atoms with Crippen molar-refractivity contribution >= 4 is 35.4 Å². The smallest absolute Gasteiger partial charge is 0.338 e. The molecule has 7 rings (SSSR count). The van der Waals surface area contributed by atoms with E-state index in [9.17, 15) is 14.4 Å². The Kier molecular flexibility index (Phi) is 13.6. The highest BCUT2D eigenvalue weighted by molar-refractivity contribution is 5.94. The molecule has 0 unspecified atom stereocenters. The summed E-state index contributed by atoms with van der Waals surface area (Å²) in [5.41, 5.74) is 4.60. The second-order valence-electron chi connectivity index (χ2n) is 13.6. The van der Waals surface area contributed by atoms with E-state index < -0.39 is 24.1 Å². The molecule has 55 heavy (non-hydrogen) atoms. The van der Waals surface area contributed by atoms with E-state index in [0.29, 0.717) is 23.7 Å². The van der Waals surface area contributed by atoms with Crippen molar-refractivity contribution in [3.63, 3.8) is 0 Å². The van der Waals surface area contributed by atoms with Gasteiger partial charge in [0.25, 0.3) is 0 Å². The number of ketones is 1. The molecule has 13 nitrogen and oxygen atoms in total. The van der Waals surface area contributed by atoms with Crippen molar-refractivity contribution < 1.29 is 52.3 Å². The zero-order valence-corrected chi connectivity index (χ0v) is 32.4. The third-order valence-corrected chi connectivity index (χ3v) is 10.9. The second kappa shape index (κ2) is 18.3. The Labute approximate surface area is 321 Å². The van der Waals surface area contributed by atoms with Crippen LogP contribution in [0.1, 0.15) is 57.8 Å². The molecule has 4 aromatic rings. The number of ether oxygens (including phenoxy) is 7. The molecule has 3 heterocycles. The van der Waals surface area contributed by atoms with Crippen molar-refractivity contribution in [3.05, 3.63) is 83.0 Å². The summed E-state index contributed by atoms with van der Waals surface area (Å²) in [7, 11) is 9.10. The van der Waals surface area contributed by atoms with Crippen molar-refractivity contribution in [3.8, 4) is 23.0 Å². The van der Waals surface area contributed by atoms with Gasteiger partial charge in [-0.25, -0.2) is 4.79 Å². The van der Waals surface area contributed by atoms with E-state index >= 15 is 0 Å². The minimum absolute atomic E-state index is 0.0170. The van der Waals surface area contributed by atoms with Crippen LogP contribution in [-0.4, -0.2) is 102 Å². The first-order valence-electron chi connectivity index (χ1n) is 18.0. The molecule has 6 atom stereocenters. The molecule has 1 aromatic heterocycles. The number of aromatic amines is 1. The van der Waals surface area contributed by atoms with Gasteiger partial charge in [0.2, 0.25) is 5.75 Å². The number of carbonyl (C=O) groups excluding carboxylic acids is 4. The predicted octanol–water partition coefficient (Wildman–Crippen LogP) is 5.88. The lowest BCUT2D eigenvalue weighted by Gasteiger charge is -2.52. The zero-order chi connectivity index (χ0) is 39.8. The third-order valence-electron chi connectivity index (χ3n) is 10.9. The summed E-state index contributed by atoms with van der Waals surface area (Å²) in [6.45, 7) is 5.25. The van der Waals surface area contributed by atoms with Crippen molar-refractivity contribution in [2.75, 3.05) is 55.7 Å². The number of esters is 2. The van der Waals surface area contributed by atoms with Gasteiger partial charge < -0.3 is 42.9 Å². The molecule has 3 aliphatic rings. The van der Waals surface area contributed by atoms with Crippen LogP contribution in [0.3, 0.4) is 0 Å². The number of fused-ring (bicyclic) bond motifs is 6. The fourth-order valence-corrected chi connectivity index (χ4v) is 8.43. The van der Waals surface area contributed by atoms with E-state index in [0.717, 1.165) is 42.8 Å². The maximum Gasteiger partial charge on any atom is 0.338 e. The Balaban J connectivity index is 0.000000459. The molecule has 13 heteroatoms. The van der Waals surface area contributed by atoms with Gasteiger partial charge in [-0.1, -0.05) is 30.3 Å². The van der Waals surface area contributed by atoms with Crippen LogP contribution in [0, 0.1) is 17.8 Å². The van der Waals surface area contributed by atoms with Gasteiger partial charge in [0.15, 0.2) is 17.3 Å². The Hall–Kier alpha value is -5.40. The van der Waals surface area contributed by atoms with E-state index in [-0.39, 0.29) is 35.2 Å². The predicted molar refractivity (Wildman–Crippen MR) is 204 cm³/mol. The molecule has 294 valence electrons. The average molecular weight is 759 g/mol. The number of piperidine rings is 1. The van der Waals surface area contributed by atoms with Gasteiger partial charge in [0.1, 0.15) is 24.7 Å². The highest BCUT2D eigenvalue weighted by Crippen LogP contribution is 2.51. The van der Waals surface area contributed by atoms with E-state index in [4.69, 9.17) is 38.0 Å². The molecule has 2 fully saturated rings. The maximum absolute atomic E-state index is 13.5. The van der Waals surface area contributed by atoms with Crippen molar-refractivity contribution in [2.24, 2.45) is 17.8 Å². The number of methoxy groups -OCH3 is 6. The standard InChI is InChI=1S/C33H40N2O9.C8H8O.CH2O/c1-38-19-7-8-20-21-9-10-35-16-18-13-27(44-32(36)17-11-25(39-2)30(41-4)26(12-17)40-3)31(42-5)28(33(37)43-6)22(18)15-24(35)29(21)34-23(20)14-19;1-7(9)8-5-3-2-4-6-8;1-2/h7-8,11-12,14,18,22,24,27-28,31,34H,9-10,13,15-16H2,1-6H3;2-6H,1H3;1H2/t18-,22+,24-,27-,28+,31+;;/m1../s1. The van der Waals surface area contributed by atoms with E-state index in [2.05, 4.69) is 16.0 Å². The average Bonchev–Trinajstić information content (AvgIpc) is 3.61. The number of benzene rings is 3. The summed E-state index contributed by atoms with van der Waals surface area (Å²) in [6, 6.07) is 18.6. The minimum Gasteiger partial charge on any atom is -0.497 e. The molecule has 0 spiro atoms. The first-order chi connectivity index (χ1) is 26.6. The molecule has 1 N–H and O–H groups in total. The summed E-state index contributed by atoms with van der Waals surface area (Å²) >= 11 is 0. The molecular formula is C42H50N2O11. The molecule has 0 bridgehead atoms. The van der Waals surface area contributed by atoms with Gasteiger partial charge in [0.05, 0.1) is 53.1 Å². The number of Topliss-reactive ketones (excluding diaryl/α,β-unsaturated/α-hetero) is 1. The van der Waals surface area contributed by atoms with Crippen molar-refractivity contribution in [1.29, 1.82) is 0 Å². The Morgan fingerprint density at radius 1 is 0.818 bits per heavy atom. The first kappa shape index (κ1) is 40.8. The molecule has 3 aromatic carbocycles. The molecule has 0 amide bonds. The largest absolute Gasteiger partial charge is 0.497 e. The number of nitrogens with zero attached hydrogens (tertiary/aromatic N) is 1. The highest BCUT2D eigenvalue weighted by atomic mass is 16.6. The zero-order valence-electron chi connectivity index (χ0n) is 32.4. The van der Waals surface area contributed by atoms with Gasteiger partial charge in [-0.2, -0.15) is 0 Å². The highest BCUT2D eigenvalue weighted by Gasteiger charge is 2.54. The van der Waals surface area contributed by atoms with Crippen LogP contribution in [0.5, 0.6) is 23.0 Å². The number of aromatic nitrogens is 1. The lowest BCUT2D eigenvalue weighted by molar-refractivity contribution is -0.176. The quantitative estimate of drug-likeness (QED) is 0.160. The SMILES string of the molecule is C=O.CC(=O)c1ccccc1.COC(=O)[C@H]1[C@H]2C[C@@H]3c4[nH]c5cc(OC)ccc5c4CCN3C[C@H]2C[C@@H](OC(=O)c2cc(OC)c(OC)c(OC)c2)[C@@H]1OC. The van der Waals surface area contributed by atoms with Crippen LogP contribution in [0.15, 0.2) is 60.7 Å². The second-order valence-corrected chi connectivity index (χ2v) is 13.6. The molecule has 1 aliphatic carbocycles. The van der Waals surface area contributed by atoms with Crippen LogP contribution in [-0.2, 0) is 30.2 Å². The van der Waals surface area contributed by atoms with Gasteiger partial charge in [-0.05, 0) is 67.9 Å². The van der Waals surface area contributed by atoms with Crippen molar-refractivity contribution in [2.45, 2.75) is 44.4 Å². The van der Waals surface area contributed by atoms with Gasteiger partial charge in [0, 0.05) is 48.4 Å². The van der Waals surface area contributed by atoms with E-state index in [1.54, 1.807) is 33.3 Å². The number of hydrogen-bond donors (Lipinski definition) is 1. The topological polar surface area (TPSA) is 152 Å². The Morgan fingerprint density at radius 2 is 1.51 bits per heavy atom. The number of H-pyrrole nitrogens is 1. The Bertz CT molecular complexity index is 1940. The summed E-state index contributed by atoms with van der Waals surface area (Å²) in [4.78, 5) is 51.8. The third kappa shape index (κ3) is 8.32. The van der Waals surface area contributed by atoms with Crippen LogP contribution in [0.2, 0.25) is 0 Å². The van der Waals surface area contributed by atoms with Crippen molar-refractivity contribution in [1.82, 2.24) is 9.88 Å². The van der Waals surface area contributed by atoms with Crippen LogP contribution < -0.4 is 18.9 Å². The maximum atomic E-state index is 13.5. The molecule has 1 saturated heterocycles. The van der Waals surface area contributed by atoms with Crippen LogP contribution >= 0.6 is 0 Å². The monoisotopic (exact) mass is 758 g/mol. The van der Waals surface area contributed by atoms with Gasteiger partial charge in [-0.3, -0.25) is 14.5 Å². The summed E-state index contributed by atoms with van der Waals surface area (Å²) in [5, 5.41) is 1.21. The summed E-state index contributed by atoms with van der Waals surface area (Å²) in [5.74, 6) is 0.562. The Morgan fingerprint density at radius 3 is 2.07 bits per heavy atom. The fraction of sp³-hybridized carbons (Fsp3) is 0.429. The minimum atomic E-state index is -0.670. The number of nitrogens with one attached hydrogen (secondary N) is 1. The van der Waals surface area contributed by atoms with Gasteiger partial charge >= 0.3 is 11.9 Å². The lowest BCUT2D eigenvalue weighted by atomic mass is 9.63. The number of rotatable bonds is 9. The first-order valence-corrected chi connectivity index (χ1v) is 18.0. The van der Waals surface area contributed by atoms with Crippen LogP contribution in [0.25, 0.3) is 10.9 Å². The fourth-order valence-electron chi connectivity index (χ4n) is 8.43. The molecule has 2 aliphatic heterocycles. The van der Waals surface area contributed by atoms with E-state index in [1.807, 2.05) is 49.3 Å². The normalized spacial score (nSPS) is 22.5. The summed E-state index contributed by atoms with van der Waals surface area (Å²) < 4.78 is 39.1. The molecule has 1 saturated carbocycles. The van der Waals surface area contributed by atoms with Crippen LogP contribution in [0.4, 0.5) is 0 Å².